The highest BCUT2D eigenvalue weighted by Crippen LogP contribution is 2.31. The van der Waals surface area contributed by atoms with E-state index in [1.807, 2.05) is 0 Å². The molecule has 38 heavy (non-hydrogen) atoms. The van der Waals surface area contributed by atoms with E-state index < -0.39 is 44.0 Å². The third kappa shape index (κ3) is 5.14. The number of nitrogens with zero attached hydrogens (tertiary/aromatic N) is 3. The molecule has 5 rings (SSSR count). The number of carbonyl (C=O) groups excluding carboxylic acids is 1. The van der Waals surface area contributed by atoms with Crippen molar-refractivity contribution in [2.45, 2.75) is 11.4 Å². The van der Waals surface area contributed by atoms with Crippen LogP contribution in [0.15, 0.2) is 90.2 Å². The van der Waals surface area contributed by atoms with Gasteiger partial charge in [0.05, 0.1) is 15.8 Å². The summed E-state index contributed by atoms with van der Waals surface area (Å²) in [6.07, 6.45) is 3.93. The van der Waals surface area contributed by atoms with Gasteiger partial charge in [0.1, 0.15) is 23.2 Å². The van der Waals surface area contributed by atoms with Crippen molar-refractivity contribution < 1.29 is 26.4 Å². The van der Waals surface area contributed by atoms with Crippen molar-refractivity contribution in [3.8, 4) is 11.1 Å². The number of aromatic nitrogens is 3. The Labute approximate surface area is 215 Å². The quantitative estimate of drug-likeness (QED) is 0.296. The number of nitrogens with one attached hydrogen (secondary N) is 1. The van der Waals surface area contributed by atoms with Crippen LogP contribution in [0, 0.1) is 17.6 Å². The van der Waals surface area contributed by atoms with Gasteiger partial charge in [-0.1, -0.05) is 24.3 Å². The zero-order valence-electron chi connectivity index (χ0n) is 19.6. The van der Waals surface area contributed by atoms with Gasteiger partial charge in [0.2, 0.25) is 11.9 Å². The maximum atomic E-state index is 14.9. The highest BCUT2D eigenvalue weighted by Gasteiger charge is 2.27. The van der Waals surface area contributed by atoms with E-state index in [0.29, 0.717) is 17.2 Å². The number of pyridine rings is 2. The highest BCUT2D eigenvalue weighted by molar-refractivity contribution is 7.92. The molecule has 0 radical (unpaired) electrons. The van der Waals surface area contributed by atoms with Gasteiger partial charge in [-0.05, 0) is 47.5 Å². The lowest BCUT2D eigenvalue weighted by Crippen LogP contribution is -2.23. The number of sulfone groups is 1. The first-order chi connectivity index (χ1) is 18.2. The first kappa shape index (κ1) is 25.2. The van der Waals surface area contributed by atoms with Crippen LogP contribution in [0.2, 0.25) is 0 Å². The monoisotopic (exact) mass is 536 g/mol. The van der Waals surface area contributed by atoms with Crippen LogP contribution in [0.3, 0.4) is 0 Å². The summed E-state index contributed by atoms with van der Waals surface area (Å²) in [6, 6.07) is 16.3. The van der Waals surface area contributed by atoms with E-state index in [0.717, 1.165) is 6.07 Å². The van der Waals surface area contributed by atoms with Crippen molar-refractivity contribution >= 4 is 32.5 Å². The molecule has 192 valence electrons. The van der Waals surface area contributed by atoms with Gasteiger partial charge in [-0.3, -0.25) is 4.79 Å². The summed E-state index contributed by atoms with van der Waals surface area (Å²) in [5.41, 5.74) is 1.40. The Hall–Kier alpha value is -4.51. The Bertz CT molecular complexity index is 1770. The number of hydrogen-bond acceptors (Lipinski definition) is 5. The van der Waals surface area contributed by atoms with E-state index >= 15 is 0 Å². The van der Waals surface area contributed by atoms with E-state index in [4.69, 9.17) is 0 Å². The first-order valence-corrected chi connectivity index (χ1v) is 13.0. The van der Waals surface area contributed by atoms with Crippen LogP contribution in [-0.2, 0) is 21.2 Å². The summed E-state index contributed by atoms with van der Waals surface area (Å²) < 4.78 is 71.1. The van der Waals surface area contributed by atoms with E-state index in [1.165, 1.54) is 29.2 Å². The van der Waals surface area contributed by atoms with Crippen LogP contribution < -0.4 is 5.32 Å². The second-order valence-electron chi connectivity index (χ2n) is 8.47. The van der Waals surface area contributed by atoms with Crippen LogP contribution in [0.5, 0.6) is 0 Å². The van der Waals surface area contributed by atoms with Gasteiger partial charge >= 0.3 is 0 Å². The SMILES string of the molecule is O=C(CS(=O)(=O)c1cn(Cc2cccc(-c3cccnc3F)c2)c2cc(F)cc(F)c12)Nc1ccccn1. The number of amides is 1. The first-order valence-electron chi connectivity index (χ1n) is 11.3. The van der Waals surface area contributed by atoms with Crippen LogP contribution in [0.1, 0.15) is 5.56 Å². The number of carbonyl (C=O) groups is 1. The summed E-state index contributed by atoms with van der Waals surface area (Å²) in [7, 11) is -4.35. The summed E-state index contributed by atoms with van der Waals surface area (Å²) in [4.78, 5) is 19.6. The van der Waals surface area contributed by atoms with E-state index in [9.17, 15) is 26.4 Å². The Kier molecular flexibility index (Phi) is 6.68. The van der Waals surface area contributed by atoms with Gasteiger partial charge in [0.15, 0.2) is 9.84 Å². The van der Waals surface area contributed by atoms with Crippen molar-refractivity contribution in [3.63, 3.8) is 0 Å². The molecule has 0 fully saturated rings. The molecule has 0 atom stereocenters. The molecule has 1 N–H and O–H groups in total. The molecule has 0 saturated carbocycles. The fourth-order valence-corrected chi connectivity index (χ4v) is 5.55. The molecule has 0 saturated heterocycles. The molecule has 5 aromatic rings. The van der Waals surface area contributed by atoms with Crippen molar-refractivity contribution in [1.82, 2.24) is 14.5 Å². The zero-order chi connectivity index (χ0) is 26.9. The van der Waals surface area contributed by atoms with Crippen molar-refractivity contribution in [3.05, 3.63) is 108 Å². The number of rotatable bonds is 7. The Morgan fingerprint density at radius 2 is 1.74 bits per heavy atom. The maximum absolute atomic E-state index is 14.9. The zero-order valence-corrected chi connectivity index (χ0v) is 20.4. The van der Waals surface area contributed by atoms with Crippen molar-refractivity contribution in [2.24, 2.45) is 0 Å². The highest BCUT2D eigenvalue weighted by atomic mass is 32.2. The van der Waals surface area contributed by atoms with Crippen LogP contribution in [0.4, 0.5) is 19.0 Å². The Morgan fingerprint density at radius 1 is 0.921 bits per heavy atom. The number of benzene rings is 2. The Balaban J connectivity index is 1.52. The average Bonchev–Trinajstić information content (AvgIpc) is 3.24. The van der Waals surface area contributed by atoms with Crippen LogP contribution in [-0.4, -0.2) is 34.6 Å². The van der Waals surface area contributed by atoms with Crippen molar-refractivity contribution in [2.75, 3.05) is 11.1 Å². The van der Waals surface area contributed by atoms with Gasteiger partial charge in [0.25, 0.3) is 0 Å². The summed E-state index contributed by atoms with van der Waals surface area (Å²) in [5.74, 6) is -4.30. The van der Waals surface area contributed by atoms with Gasteiger partial charge in [-0.15, -0.1) is 0 Å². The molecule has 1 amide bonds. The maximum Gasteiger partial charge on any atom is 0.241 e. The topological polar surface area (TPSA) is 94.0 Å². The molecule has 0 spiro atoms. The second kappa shape index (κ2) is 10.1. The molecule has 0 aliphatic heterocycles. The predicted octanol–water partition coefficient (Wildman–Crippen LogP) is 4.98. The van der Waals surface area contributed by atoms with E-state index in [1.54, 1.807) is 48.5 Å². The molecule has 3 aromatic heterocycles. The molecular formula is C27H19F3N4O3S. The third-order valence-corrected chi connectivity index (χ3v) is 7.42. The van der Waals surface area contributed by atoms with E-state index in [2.05, 4.69) is 15.3 Å². The smallest absolute Gasteiger partial charge is 0.241 e. The standard InChI is InChI=1S/C27H19F3N4O3S/c28-19-12-21(29)26-22(13-19)34(14-17-5-3-6-18(11-17)20-7-4-10-32-27(20)30)15-23(26)38(36,37)16-25(35)33-24-8-1-2-9-31-24/h1-13,15H,14,16H2,(H,31,33,35). The average molecular weight is 537 g/mol. The lowest BCUT2D eigenvalue weighted by Gasteiger charge is -2.09. The second-order valence-corrected chi connectivity index (χ2v) is 10.4. The fourth-order valence-electron chi connectivity index (χ4n) is 4.17. The molecule has 11 heteroatoms. The molecule has 0 aliphatic rings. The van der Waals surface area contributed by atoms with Gasteiger partial charge in [-0.2, -0.15) is 4.39 Å². The summed E-state index contributed by atoms with van der Waals surface area (Å²) >= 11 is 0. The number of hydrogen-bond donors (Lipinski definition) is 1. The minimum absolute atomic E-state index is 0.0100. The van der Waals surface area contributed by atoms with Crippen LogP contribution in [0.25, 0.3) is 22.0 Å². The summed E-state index contributed by atoms with van der Waals surface area (Å²) in [6.45, 7) is 0.0186. The molecule has 0 bridgehead atoms. The lowest BCUT2D eigenvalue weighted by molar-refractivity contribution is -0.113. The Morgan fingerprint density at radius 3 is 2.50 bits per heavy atom. The number of fused-ring (bicyclic) bond motifs is 1. The lowest BCUT2D eigenvalue weighted by atomic mass is 10.0. The normalized spacial score (nSPS) is 11.6. The molecule has 0 unspecified atom stereocenters. The van der Waals surface area contributed by atoms with Gasteiger partial charge in [-0.25, -0.2) is 27.2 Å². The minimum Gasteiger partial charge on any atom is -0.342 e. The molecule has 2 aromatic carbocycles. The molecule has 7 nitrogen and oxygen atoms in total. The largest absolute Gasteiger partial charge is 0.342 e. The molecule has 0 aliphatic carbocycles. The van der Waals surface area contributed by atoms with Gasteiger partial charge < -0.3 is 9.88 Å². The van der Waals surface area contributed by atoms with Crippen molar-refractivity contribution in [1.29, 1.82) is 0 Å². The van der Waals surface area contributed by atoms with E-state index in [-0.39, 0.29) is 28.8 Å². The number of halogens is 3. The van der Waals surface area contributed by atoms with Gasteiger partial charge in [0, 0.05) is 36.8 Å². The third-order valence-electron chi connectivity index (χ3n) is 5.80. The predicted molar refractivity (Wildman–Crippen MR) is 136 cm³/mol. The summed E-state index contributed by atoms with van der Waals surface area (Å²) in [5, 5.41) is 2.06. The number of anilines is 1. The van der Waals surface area contributed by atoms with Crippen LogP contribution >= 0.6 is 0 Å². The fraction of sp³-hybridized carbons (Fsp3) is 0.0741. The minimum atomic E-state index is -4.35. The molecule has 3 heterocycles. The molecular weight excluding hydrogens is 517 g/mol.